The summed E-state index contributed by atoms with van der Waals surface area (Å²) in [5.74, 6) is -0.545. The fourth-order valence-electron chi connectivity index (χ4n) is 1.91. The Hall–Kier alpha value is -1.72. The Bertz CT molecular complexity index is 450. The van der Waals surface area contributed by atoms with Gasteiger partial charge in [0, 0.05) is 12.1 Å². The van der Waals surface area contributed by atoms with Crippen LogP contribution in [0.1, 0.15) is 55.5 Å². The Kier molecular flexibility index (Phi) is 3.51. The maximum Gasteiger partial charge on any atom is 0.375 e. The Morgan fingerprint density at radius 2 is 2.18 bits per heavy atom. The van der Waals surface area contributed by atoms with Gasteiger partial charge >= 0.3 is 5.97 Å². The van der Waals surface area contributed by atoms with E-state index in [2.05, 4.69) is 22.2 Å². The molecule has 0 amide bonds. The summed E-state index contributed by atoms with van der Waals surface area (Å²) >= 11 is 0. The summed E-state index contributed by atoms with van der Waals surface area (Å²) in [6.45, 7) is 2.17. The molecule has 6 heteroatoms. The number of carbonyl (C=O) groups is 1. The van der Waals surface area contributed by atoms with Gasteiger partial charge in [0.25, 0.3) is 5.82 Å². The van der Waals surface area contributed by atoms with Crippen LogP contribution in [0.15, 0.2) is 5.10 Å². The van der Waals surface area contributed by atoms with E-state index in [1.807, 2.05) is 0 Å². The highest BCUT2D eigenvalue weighted by Gasteiger charge is 2.23. The van der Waals surface area contributed by atoms with Crippen LogP contribution in [0.2, 0.25) is 0 Å². The molecule has 2 rings (SSSR count). The first-order chi connectivity index (χ1) is 8.22. The number of hydrogen-bond donors (Lipinski definition) is 1. The number of carboxylic acid groups (broad SMARTS) is 1. The number of aromatic carboxylic acids is 1. The molecule has 17 heavy (non-hydrogen) atoms. The molecular formula is C11H16N4O2. The molecule has 0 radical (unpaired) electrons. The molecule has 0 unspecified atom stereocenters. The molecule has 0 saturated heterocycles. The highest BCUT2D eigenvalue weighted by molar-refractivity contribution is 5.89. The Morgan fingerprint density at radius 1 is 1.35 bits per heavy atom. The van der Waals surface area contributed by atoms with Gasteiger partial charge in [0.15, 0.2) is 5.82 Å². The van der Waals surface area contributed by atoms with Crippen LogP contribution in [0.5, 0.6) is 0 Å². The molecule has 6 nitrogen and oxygen atoms in total. The van der Waals surface area contributed by atoms with Gasteiger partial charge in [0.1, 0.15) is 0 Å². The van der Waals surface area contributed by atoms with Gasteiger partial charge in [-0.15, -0.1) is 10.2 Å². The van der Waals surface area contributed by atoms with Crippen LogP contribution in [0.25, 0.3) is 0 Å². The first kappa shape index (κ1) is 11.8. The minimum atomic E-state index is -1.08. The summed E-state index contributed by atoms with van der Waals surface area (Å²) in [6, 6.07) is 0. The number of fused-ring (bicyclic) bond motifs is 1. The molecule has 0 bridgehead atoms. The van der Waals surface area contributed by atoms with Crippen LogP contribution in [0.4, 0.5) is 0 Å². The van der Waals surface area contributed by atoms with E-state index in [0.717, 1.165) is 18.6 Å². The lowest BCUT2D eigenvalue weighted by atomic mass is 10.1. The number of aromatic nitrogens is 3. The summed E-state index contributed by atoms with van der Waals surface area (Å²) in [5.41, 5.74) is 1.01. The van der Waals surface area contributed by atoms with Gasteiger partial charge in [0.05, 0.1) is 0 Å². The zero-order valence-electron chi connectivity index (χ0n) is 9.89. The lowest BCUT2D eigenvalue weighted by molar-refractivity contribution is 0.0679. The molecule has 1 N–H and O–H groups in total. The van der Waals surface area contributed by atoms with Gasteiger partial charge in [-0.25, -0.2) is 4.79 Å². The molecule has 0 aliphatic carbocycles. The number of rotatable bonds is 6. The molecule has 1 aliphatic heterocycles. The Morgan fingerprint density at radius 3 is 2.88 bits per heavy atom. The van der Waals surface area contributed by atoms with Crippen LogP contribution >= 0.6 is 0 Å². The first-order valence-corrected chi connectivity index (χ1v) is 5.96. The van der Waals surface area contributed by atoms with E-state index in [4.69, 9.17) is 5.11 Å². The largest absolute Gasteiger partial charge is 0.475 e. The molecule has 0 saturated carbocycles. The second-order valence-electron chi connectivity index (χ2n) is 4.21. The zero-order chi connectivity index (χ0) is 12.3. The SMILES string of the molecule is CCCCCCC1=Nn2c(nnc2C(=O)O)C1. The maximum absolute atomic E-state index is 10.8. The van der Waals surface area contributed by atoms with Crippen LogP contribution in [0, 0.1) is 0 Å². The minimum Gasteiger partial charge on any atom is -0.475 e. The fourth-order valence-corrected chi connectivity index (χ4v) is 1.91. The summed E-state index contributed by atoms with van der Waals surface area (Å²) in [6.07, 6.45) is 6.30. The third-order valence-corrected chi connectivity index (χ3v) is 2.82. The minimum absolute atomic E-state index is 0.0939. The normalized spacial score (nSPS) is 13.6. The van der Waals surface area contributed by atoms with Gasteiger partial charge in [-0.2, -0.15) is 9.78 Å². The third kappa shape index (κ3) is 2.51. The molecule has 92 valence electrons. The molecule has 0 fully saturated rings. The van der Waals surface area contributed by atoms with Crippen molar-refractivity contribution in [3.8, 4) is 0 Å². The van der Waals surface area contributed by atoms with Crippen molar-refractivity contribution in [2.24, 2.45) is 5.10 Å². The smallest absolute Gasteiger partial charge is 0.375 e. The highest BCUT2D eigenvalue weighted by Crippen LogP contribution is 2.15. The van der Waals surface area contributed by atoms with Crippen molar-refractivity contribution in [1.82, 2.24) is 14.9 Å². The number of carboxylic acids is 1. The van der Waals surface area contributed by atoms with Gasteiger partial charge in [0.2, 0.25) is 0 Å². The highest BCUT2D eigenvalue weighted by atomic mass is 16.4. The summed E-state index contributed by atoms with van der Waals surface area (Å²) in [7, 11) is 0. The van der Waals surface area contributed by atoms with Crippen molar-refractivity contribution in [2.45, 2.75) is 45.4 Å². The van der Waals surface area contributed by atoms with Crippen molar-refractivity contribution >= 4 is 11.7 Å². The summed E-state index contributed by atoms with van der Waals surface area (Å²) in [5, 5.41) is 20.6. The maximum atomic E-state index is 10.8. The van der Waals surface area contributed by atoms with Crippen LogP contribution in [-0.2, 0) is 6.42 Å². The second kappa shape index (κ2) is 5.07. The molecule has 0 spiro atoms. The average molecular weight is 236 g/mol. The van der Waals surface area contributed by atoms with Crippen molar-refractivity contribution in [1.29, 1.82) is 0 Å². The standard InChI is InChI=1S/C11H16N4O2/c1-2-3-4-5-6-8-7-9-12-13-10(11(16)17)15(9)14-8/h2-7H2,1H3,(H,16,17). The van der Waals surface area contributed by atoms with E-state index in [9.17, 15) is 4.79 Å². The molecule has 1 aliphatic rings. The van der Waals surface area contributed by atoms with E-state index < -0.39 is 5.97 Å². The number of unbranched alkanes of at least 4 members (excludes halogenated alkanes) is 3. The molecule has 0 aromatic carbocycles. The van der Waals surface area contributed by atoms with Crippen LogP contribution < -0.4 is 0 Å². The zero-order valence-corrected chi connectivity index (χ0v) is 9.89. The van der Waals surface area contributed by atoms with Crippen molar-refractivity contribution in [3.63, 3.8) is 0 Å². The lowest BCUT2D eigenvalue weighted by Gasteiger charge is -1.98. The molecule has 0 atom stereocenters. The molecule has 1 aromatic heterocycles. The predicted molar refractivity (Wildman–Crippen MR) is 62.3 cm³/mol. The lowest BCUT2D eigenvalue weighted by Crippen LogP contribution is -2.05. The second-order valence-corrected chi connectivity index (χ2v) is 4.21. The Balaban J connectivity index is 1.96. The van der Waals surface area contributed by atoms with Crippen LogP contribution in [-0.4, -0.2) is 31.7 Å². The van der Waals surface area contributed by atoms with Crippen LogP contribution in [0.3, 0.4) is 0 Å². The van der Waals surface area contributed by atoms with E-state index in [0.29, 0.717) is 12.2 Å². The quantitative estimate of drug-likeness (QED) is 0.762. The molecular weight excluding hydrogens is 220 g/mol. The number of hydrogen-bond acceptors (Lipinski definition) is 4. The van der Waals surface area contributed by atoms with Gasteiger partial charge in [-0.3, -0.25) is 0 Å². The molecule has 1 aromatic rings. The molecule has 2 heterocycles. The Labute approximate surface area is 99.4 Å². The third-order valence-electron chi connectivity index (χ3n) is 2.82. The van der Waals surface area contributed by atoms with E-state index >= 15 is 0 Å². The van der Waals surface area contributed by atoms with Gasteiger partial charge < -0.3 is 5.11 Å². The van der Waals surface area contributed by atoms with E-state index in [-0.39, 0.29) is 5.82 Å². The van der Waals surface area contributed by atoms with Crippen molar-refractivity contribution in [3.05, 3.63) is 11.6 Å². The fraction of sp³-hybridized carbons (Fsp3) is 0.636. The summed E-state index contributed by atoms with van der Waals surface area (Å²) < 4.78 is 1.34. The topological polar surface area (TPSA) is 80.4 Å². The first-order valence-electron chi connectivity index (χ1n) is 5.96. The summed E-state index contributed by atoms with van der Waals surface area (Å²) in [4.78, 5) is 10.8. The van der Waals surface area contributed by atoms with E-state index in [1.165, 1.54) is 23.9 Å². The van der Waals surface area contributed by atoms with Gasteiger partial charge in [-0.1, -0.05) is 26.2 Å². The monoisotopic (exact) mass is 236 g/mol. The predicted octanol–water partition coefficient (Wildman–Crippen LogP) is 1.71. The van der Waals surface area contributed by atoms with E-state index in [1.54, 1.807) is 0 Å². The average Bonchev–Trinajstić information content (AvgIpc) is 2.82. The van der Waals surface area contributed by atoms with Gasteiger partial charge in [-0.05, 0) is 12.8 Å². The number of nitrogens with zero attached hydrogens (tertiary/aromatic N) is 4. The van der Waals surface area contributed by atoms with Crippen molar-refractivity contribution in [2.75, 3.05) is 0 Å². The van der Waals surface area contributed by atoms with Crippen molar-refractivity contribution < 1.29 is 9.90 Å².